The summed E-state index contributed by atoms with van der Waals surface area (Å²) in [7, 11) is 0. The Kier molecular flexibility index (Phi) is 4.83. The van der Waals surface area contributed by atoms with Crippen LogP contribution in [-0.2, 0) is 0 Å². The molecule has 0 aliphatic carbocycles. The van der Waals surface area contributed by atoms with Crippen LogP contribution in [0.1, 0.15) is 16.2 Å². The highest BCUT2D eigenvalue weighted by molar-refractivity contribution is 5.94. The molecule has 5 rings (SSSR count). The predicted octanol–water partition coefficient (Wildman–Crippen LogP) is 1.38. The van der Waals surface area contributed by atoms with Gasteiger partial charge in [0.2, 0.25) is 11.7 Å². The molecule has 1 saturated heterocycles. The molecule has 1 aliphatic heterocycles. The van der Waals surface area contributed by atoms with Gasteiger partial charge in [-0.1, -0.05) is 17.3 Å². The van der Waals surface area contributed by atoms with Gasteiger partial charge < -0.3 is 14.3 Å². The van der Waals surface area contributed by atoms with E-state index in [9.17, 15) is 4.79 Å². The van der Waals surface area contributed by atoms with Gasteiger partial charge in [-0.3, -0.25) is 4.79 Å². The average molecular weight is 417 g/mol. The van der Waals surface area contributed by atoms with Crippen molar-refractivity contribution in [3.63, 3.8) is 0 Å². The molecule has 0 spiro atoms. The summed E-state index contributed by atoms with van der Waals surface area (Å²) in [6, 6.07) is 11.0. The Bertz CT molecular complexity index is 1160. The molecule has 0 atom stereocenters. The number of piperazine rings is 1. The van der Waals surface area contributed by atoms with Crippen molar-refractivity contribution in [3.05, 3.63) is 60.5 Å². The zero-order chi connectivity index (χ0) is 21.2. The first-order chi connectivity index (χ1) is 15.2. The van der Waals surface area contributed by atoms with E-state index in [2.05, 4.69) is 35.3 Å². The van der Waals surface area contributed by atoms with Crippen LogP contribution in [-0.4, -0.2) is 72.1 Å². The normalized spacial score (nSPS) is 14.1. The second-order valence-corrected chi connectivity index (χ2v) is 7.08. The number of benzene rings is 1. The molecular formula is C20H19N9O2. The minimum absolute atomic E-state index is 0.00288. The van der Waals surface area contributed by atoms with E-state index in [0.29, 0.717) is 49.3 Å². The molecule has 0 bridgehead atoms. The third-order valence-electron chi connectivity index (χ3n) is 5.10. The van der Waals surface area contributed by atoms with Crippen molar-refractivity contribution in [1.29, 1.82) is 0 Å². The number of amides is 1. The van der Waals surface area contributed by atoms with Crippen LogP contribution in [0.5, 0.6) is 0 Å². The van der Waals surface area contributed by atoms with Gasteiger partial charge in [-0.2, -0.15) is 10.1 Å². The highest BCUT2D eigenvalue weighted by Gasteiger charge is 2.23. The van der Waals surface area contributed by atoms with Crippen LogP contribution in [0, 0.1) is 6.92 Å². The Morgan fingerprint density at radius 2 is 1.71 bits per heavy atom. The Morgan fingerprint density at radius 3 is 2.32 bits per heavy atom. The second kappa shape index (κ2) is 7.94. The van der Waals surface area contributed by atoms with Crippen molar-refractivity contribution >= 4 is 11.7 Å². The monoisotopic (exact) mass is 417 g/mol. The molecule has 4 aromatic rings. The largest absolute Gasteiger partial charge is 0.352 e. The lowest BCUT2D eigenvalue weighted by Crippen LogP contribution is -2.49. The van der Waals surface area contributed by atoms with Crippen molar-refractivity contribution in [3.8, 4) is 17.2 Å². The maximum atomic E-state index is 12.9. The maximum absolute atomic E-state index is 12.9. The summed E-state index contributed by atoms with van der Waals surface area (Å²) in [6.45, 7) is 4.33. The molecule has 0 radical (unpaired) electrons. The van der Waals surface area contributed by atoms with Gasteiger partial charge in [-0.05, 0) is 24.3 Å². The van der Waals surface area contributed by atoms with Gasteiger partial charge >= 0.3 is 0 Å². The lowest BCUT2D eigenvalue weighted by Gasteiger charge is -2.35. The fraction of sp³-hybridized carbons (Fsp3) is 0.250. The number of carbonyl (C=O) groups excluding carboxylic acids is 1. The molecule has 11 heteroatoms. The Balaban J connectivity index is 1.20. The second-order valence-electron chi connectivity index (χ2n) is 7.08. The quantitative estimate of drug-likeness (QED) is 0.485. The lowest BCUT2D eigenvalue weighted by molar-refractivity contribution is 0.0746. The fourth-order valence-electron chi connectivity index (χ4n) is 3.44. The van der Waals surface area contributed by atoms with Crippen LogP contribution in [0.4, 0.5) is 5.82 Å². The Morgan fingerprint density at radius 1 is 0.968 bits per heavy atom. The maximum Gasteiger partial charge on any atom is 0.253 e. The van der Waals surface area contributed by atoms with Gasteiger partial charge in [0.05, 0.1) is 0 Å². The van der Waals surface area contributed by atoms with E-state index in [1.807, 2.05) is 29.2 Å². The average Bonchev–Trinajstić information content (AvgIpc) is 3.51. The molecular weight excluding hydrogens is 398 g/mol. The number of nitrogens with zero attached hydrogens (tertiary/aromatic N) is 9. The number of aromatic nitrogens is 7. The first-order valence-corrected chi connectivity index (χ1v) is 9.81. The van der Waals surface area contributed by atoms with Crippen LogP contribution >= 0.6 is 0 Å². The molecule has 1 aromatic carbocycles. The van der Waals surface area contributed by atoms with E-state index in [-0.39, 0.29) is 5.91 Å². The molecule has 0 saturated carbocycles. The third kappa shape index (κ3) is 3.84. The van der Waals surface area contributed by atoms with Crippen molar-refractivity contribution < 1.29 is 9.32 Å². The first kappa shape index (κ1) is 18.9. The number of anilines is 1. The standard InChI is InChI=1S/C20H19N9O2/c1-14-23-19(26-31-14)15-2-4-16(5-3-15)20(30)28-10-8-27(9-11-28)17-6-7-18(25-24-17)29-13-21-12-22-29/h2-7,12-13H,8-11H2,1H3. The van der Waals surface area contributed by atoms with E-state index in [4.69, 9.17) is 4.52 Å². The van der Waals surface area contributed by atoms with Crippen LogP contribution in [0.15, 0.2) is 53.6 Å². The molecule has 1 aliphatic rings. The first-order valence-electron chi connectivity index (χ1n) is 9.81. The van der Waals surface area contributed by atoms with Gasteiger partial charge in [-0.15, -0.1) is 10.2 Å². The van der Waals surface area contributed by atoms with Crippen molar-refractivity contribution in [2.45, 2.75) is 6.92 Å². The summed E-state index contributed by atoms with van der Waals surface area (Å²) < 4.78 is 6.56. The molecule has 3 aromatic heterocycles. The van der Waals surface area contributed by atoms with E-state index >= 15 is 0 Å². The topological polar surface area (TPSA) is 119 Å². The highest BCUT2D eigenvalue weighted by Crippen LogP contribution is 2.19. The molecule has 11 nitrogen and oxygen atoms in total. The molecule has 1 fully saturated rings. The number of carbonyl (C=O) groups is 1. The summed E-state index contributed by atoms with van der Waals surface area (Å²) in [5.74, 6) is 2.40. The lowest BCUT2D eigenvalue weighted by atomic mass is 10.1. The molecule has 31 heavy (non-hydrogen) atoms. The van der Waals surface area contributed by atoms with E-state index in [1.54, 1.807) is 30.1 Å². The summed E-state index contributed by atoms with van der Waals surface area (Å²) in [4.78, 5) is 25.0. The van der Waals surface area contributed by atoms with Crippen molar-refractivity contribution in [1.82, 2.24) is 40.0 Å². The predicted molar refractivity (Wildman–Crippen MR) is 110 cm³/mol. The number of rotatable bonds is 4. The third-order valence-corrected chi connectivity index (χ3v) is 5.10. The van der Waals surface area contributed by atoms with Gasteiger partial charge in [-0.25, -0.2) is 9.67 Å². The molecule has 0 N–H and O–H groups in total. The number of hydrogen-bond donors (Lipinski definition) is 0. The number of hydrogen-bond acceptors (Lipinski definition) is 9. The zero-order valence-electron chi connectivity index (χ0n) is 16.8. The molecule has 4 heterocycles. The molecule has 0 unspecified atom stereocenters. The van der Waals surface area contributed by atoms with E-state index < -0.39 is 0 Å². The summed E-state index contributed by atoms with van der Waals surface area (Å²) in [5.41, 5.74) is 1.44. The van der Waals surface area contributed by atoms with Crippen LogP contribution in [0.2, 0.25) is 0 Å². The van der Waals surface area contributed by atoms with E-state index in [1.165, 1.54) is 6.33 Å². The SMILES string of the molecule is Cc1nc(-c2ccc(C(=O)N3CCN(c4ccc(-n5cncn5)nn4)CC3)cc2)no1. The van der Waals surface area contributed by atoms with Gasteiger partial charge in [0.25, 0.3) is 5.91 Å². The van der Waals surface area contributed by atoms with Crippen molar-refractivity contribution in [2.75, 3.05) is 31.1 Å². The Hall–Kier alpha value is -4.15. The minimum atomic E-state index is 0.00288. The highest BCUT2D eigenvalue weighted by atomic mass is 16.5. The smallest absolute Gasteiger partial charge is 0.253 e. The minimum Gasteiger partial charge on any atom is -0.352 e. The summed E-state index contributed by atoms with van der Waals surface area (Å²) in [6.07, 6.45) is 3.02. The van der Waals surface area contributed by atoms with Gasteiger partial charge in [0.15, 0.2) is 11.6 Å². The van der Waals surface area contributed by atoms with Crippen LogP contribution < -0.4 is 4.90 Å². The van der Waals surface area contributed by atoms with Gasteiger partial charge in [0, 0.05) is 44.2 Å². The Labute approximate surface area is 177 Å². The van der Waals surface area contributed by atoms with E-state index in [0.717, 1.165) is 11.4 Å². The summed E-state index contributed by atoms with van der Waals surface area (Å²) in [5, 5.41) is 16.4. The number of aryl methyl sites for hydroxylation is 1. The van der Waals surface area contributed by atoms with Crippen molar-refractivity contribution in [2.24, 2.45) is 0 Å². The molecule has 1 amide bonds. The molecule has 156 valence electrons. The van der Waals surface area contributed by atoms with Crippen LogP contribution in [0.3, 0.4) is 0 Å². The fourth-order valence-corrected chi connectivity index (χ4v) is 3.44. The summed E-state index contributed by atoms with van der Waals surface area (Å²) >= 11 is 0. The zero-order valence-corrected chi connectivity index (χ0v) is 16.8. The van der Waals surface area contributed by atoms with Crippen LogP contribution in [0.25, 0.3) is 17.2 Å². The van der Waals surface area contributed by atoms with Gasteiger partial charge in [0.1, 0.15) is 12.7 Å².